The van der Waals surface area contributed by atoms with E-state index in [0.29, 0.717) is 44.8 Å². The molecule has 2 aromatic heterocycles. The Hall–Kier alpha value is -7.04. The average Bonchev–Trinajstić information content (AvgIpc) is 3.71. The molecule has 4 heteroatoms. The van der Waals surface area contributed by atoms with Gasteiger partial charge in [-0.25, -0.2) is 4.98 Å². The minimum Gasteiger partial charge on any atom is -0.507 e. The fourth-order valence-electron chi connectivity index (χ4n) is 8.22. The normalized spacial score (nSPS) is 14.7. The molecular weight excluding hydrogens is 743 g/mol. The molecular formula is C57H51N3O. The molecule has 4 nitrogen and oxygen atoms in total. The lowest BCUT2D eigenvalue weighted by molar-refractivity contribution is 0.448. The lowest BCUT2D eigenvalue weighted by Gasteiger charge is -2.24. The molecule has 0 fully saturated rings. The highest BCUT2D eigenvalue weighted by Crippen LogP contribution is 2.45. The summed E-state index contributed by atoms with van der Waals surface area (Å²) < 4.78 is 79.1. The number of phenols is 1. The molecule has 0 aliphatic heterocycles. The van der Waals surface area contributed by atoms with Crippen LogP contribution in [0.5, 0.6) is 5.75 Å². The van der Waals surface area contributed by atoms with E-state index in [-0.39, 0.29) is 11.3 Å². The summed E-state index contributed by atoms with van der Waals surface area (Å²) in [6.45, 7) is -2.43. The number of hydrogen-bond donors (Lipinski definition) is 1. The lowest BCUT2D eigenvalue weighted by Crippen LogP contribution is -2.13. The van der Waals surface area contributed by atoms with Crippen LogP contribution in [-0.4, -0.2) is 19.6 Å². The van der Waals surface area contributed by atoms with Gasteiger partial charge in [0.05, 0.1) is 28.0 Å². The monoisotopic (exact) mass is 802 g/mol. The molecule has 0 spiro atoms. The van der Waals surface area contributed by atoms with Gasteiger partial charge in [0.2, 0.25) is 0 Å². The number of hydrogen-bond acceptors (Lipinski definition) is 3. The van der Waals surface area contributed by atoms with Gasteiger partial charge in [-0.05, 0) is 117 Å². The van der Waals surface area contributed by atoms with E-state index in [1.165, 1.54) is 12.1 Å². The van der Waals surface area contributed by atoms with Gasteiger partial charge in [0.1, 0.15) is 11.6 Å². The zero-order chi connectivity index (χ0) is 50.0. The summed E-state index contributed by atoms with van der Waals surface area (Å²) in [7, 11) is 0. The van der Waals surface area contributed by atoms with Crippen LogP contribution in [0.4, 0.5) is 0 Å². The van der Waals surface area contributed by atoms with E-state index in [0.717, 1.165) is 50.2 Å². The Morgan fingerprint density at radius 2 is 1.16 bits per heavy atom. The SMILES string of the molecule is [2H]C([2H])([2H])C(c1ccc(-n2c(-c3cc(C)cc(C(C)(C)C)c3O)nc3c(-c4cc(-c5ccccc5)cc(-c5cc(-c6ccccc6)ccn5)c4)cccc32)c(-c2ccccc2)c1)(C([2H])([2H])[2H])C([2H])([2H])[2H]. The highest BCUT2D eigenvalue weighted by Gasteiger charge is 2.27. The van der Waals surface area contributed by atoms with Crippen LogP contribution in [0.15, 0.2) is 176 Å². The van der Waals surface area contributed by atoms with Gasteiger partial charge < -0.3 is 5.11 Å². The van der Waals surface area contributed by atoms with Crippen LogP contribution in [0.3, 0.4) is 0 Å². The molecule has 300 valence electrons. The summed E-state index contributed by atoms with van der Waals surface area (Å²) >= 11 is 0. The number of benzene rings is 7. The minimum absolute atomic E-state index is 0.0260. The van der Waals surface area contributed by atoms with Crippen molar-refractivity contribution in [1.29, 1.82) is 0 Å². The van der Waals surface area contributed by atoms with Gasteiger partial charge in [-0.2, -0.15) is 0 Å². The number of imidazole rings is 1. The van der Waals surface area contributed by atoms with Gasteiger partial charge in [0, 0.05) is 40.8 Å². The Balaban J connectivity index is 1.38. The summed E-state index contributed by atoms with van der Waals surface area (Å²) in [5.41, 5.74) is 7.70. The first-order valence-electron chi connectivity index (χ1n) is 24.9. The lowest BCUT2D eigenvalue weighted by atomic mass is 9.84. The van der Waals surface area contributed by atoms with E-state index in [9.17, 15) is 5.11 Å². The number of aryl methyl sites for hydroxylation is 1. The summed E-state index contributed by atoms with van der Waals surface area (Å²) in [4.78, 5) is 10.3. The van der Waals surface area contributed by atoms with Gasteiger partial charge >= 0.3 is 0 Å². The molecule has 0 amide bonds. The molecule has 0 unspecified atom stereocenters. The standard InChI is InChI=1S/C57H51N3O/c1-37-30-48(54(61)49(31-37)57(5,6)7)55-59-53-46(24-17-25-52(53)60(55)51-27-26-45(56(2,3)4)36-47(51)40-22-15-10-16-23-40)43-32-42(39-20-13-9-14-21-39)33-44(34-43)50-35-41(28-29-58-50)38-18-11-8-12-19-38/h8-36,61H,1-7H3/i2D3,3D3,4D3. The van der Waals surface area contributed by atoms with E-state index in [2.05, 4.69) is 48.5 Å². The molecule has 0 aliphatic carbocycles. The average molecular weight is 803 g/mol. The Labute approximate surface area is 372 Å². The maximum absolute atomic E-state index is 12.4. The molecule has 2 heterocycles. The molecule has 0 bridgehead atoms. The van der Waals surface area contributed by atoms with Gasteiger partial charge in [-0.15, -0.1) is 0 Å². The Bertz CT molecular complexity index is 3350. The highest BCUT2D eigenvalue weighted by molar-refractivity contribution is 5.98. The zero-order valence-electron chi connectivity index (χ0n) is 43.5. The van der Waals surface area contributed by atoms with Crippen molar-refractivity contribution in [3.05, 3.63) is 193 Å². The van der Waals surface area contributed by atoms with E-state index in [1.807, 2.05) is 117 Å². The third-order valence-corrected chi connectivity index (χ3v) is 11.3. The number of aromatic hydroxyl groups is 1. The highest BCUT2D eigenvalue weighted by atomic mass is 16.3. The predicted octanol–water partition coefficient (Wildman–Crippen LogP) is 15.0. The van der Waals surface area contributed by atoms with Gasteiger partial charge in [-0.3, -0.25) is 9.55 Å². The molecule has 0 saturated heterocycles. The van der Waals surface area contributed by atoms with Crippen molar-refractivity contribution in [2.24, 2.45) is 0 Å². The molecule has 0 atom stereocenters. The third-order valence-electron chi connectivity index (χ3n) is 11.3. The number of fused-ring (bicyclic) bond motifs is 1. The predicted molar refractivity (Wildman–Crippen MR) is 255 cm³/mol. The maximum atomic E-state index is 12.4. The van der Waals surface area contributed by atoms with Crippen molar-refractivity contribution in [2.75, 3.05) is 0 Å². The minimum atomic E-state index is -3.48. The van der Waals surface area contributed by atoms with E-state index < -0.39 is 31.4 Å². The number of phenolic OH excluding ortho intramolecular Hbond substituents is 1. The van der Waals surface area contributed by atoms with Crippen LogP contribution >= 0.6 is 0 Å². The summed E-state index contributed by atoms with van der Waals surface area (Å²) in [5, 5.41) is 12.4. The van der Waals surface area contributed by atoms with Crippen LogP contribution in [0.1, 0.15) is 70.4 Å². The van der Waals surface area contributed by atoms with E-state index >= 15 is 0 Å². The second-order valence-electron chi connectivity index (χ2n) is 16.7. The van der Waals surface area contributed by atoms with Crippen molar-refractivity contribution in [3.63, 3.8) is 0 Å². The van der Waals surface area contributed by atoms with Crippen molar-refractivity contribution < 1.29 is 17.4 Å². The number of rotatable bonds is 7. The second-order valence-corrected chi connectivity index (χ2v) is 16.7. The first-order valence-corrected chi connectivity index (χ1v) is 20.4. The van der Waals surface area contributed by atoms with Crippen molar-refractivity contribution >= 4 is 11.0 Å². The Morgan fingerprint density at radius 3 is 1.84 bits per heavy atom. The van der Waals surface area contributed by atoms with E-state index in [4.69, 9.17) is 22.3 Å². The zero-order valence-corrected chi connectivity index (χ0v) is 34.5. The summed E-state index contributed by atoms with van der Waals surface area (Å²) in [5.74, 6) is 0.377. The Kier molecular flexibility index (Phi) is 7.65. The molecule has 0 aliphatic rings. The quantitative estimate of drug-likeness (QED) is 0.175. The van der Waals surface area contributed by atoms with Crippen LogP contribution in [0, 0.1) is 6.92 Å². The molecule has 0 radical (unpaired) electrons. The Morgan fingerprint density at radius 1 is 0.525 bits per heavy atom. The molecule has 7 aromatic carbocycles. The second kappa shape index (κ2) is 15.5. The van der Waals surface area contributed by atoms with Crippen LogP contribution < -0.4 is 0 Å². The van der Waals surface area contributed by atoms with Gasteiger partial charge in [0.25, 0.3) is 0 Å². The molecule has 9 aromatic rings. The molecule has 1 N–H and O–H groups in total. The smallest absolute Gasteiger partial charge is 0.149 e. The van der Waals surface area contributed by atoms with Crippen LogP contribution in [0.2, 0.25) is 0 Å². The van der Waals surface area contributed by atoms with Crippen molar-refractivity contribution in [2.45, 2.75) is 59.1 Å². The molecule has 61 heavy (non-hydrogen) atoms. The summed E-state index contributed by atoms with van der Waals surface area (Å²) in [6, 6.07) is 53.6. The first-order chi connectivity index (χ1) is 33.1. The number of nitrogens with zero attached hydrogens (tertiary/aromatic N) is 3. The van der Waals surface area contributed by atoms with Gasteiger partial charge in [-0.1, -0.05) is 157 Å². The number of para-hydroxylation sites is 1. The third kappa shape index (κ3) is 7.66. The first kappa shape index (κ1) is 30.1. The van der Waals surface area contributed by atoms with Crippen LogP contribution in [0.25, 0.3) is 83.9 Å². The van der Waals surface area contributed by atoms with Crippen molar-refractivity contribution in [3.8, 4) is 78.6 Å². The number of pyridine rings is 1. The molecule has 9 rings (SSSR count). The maximum Gasteiger partial charge on any atom is 0.149 e. The van der Waals surface area contributed by atoms with Crippen LogP contribution in [-0.2, 0) is 10.8 Å². The molecule has 0 saturated carbocycles. The fourth-order valence-corrected chi connectivity index (χ4v) is 8.22. The number of aromatic nitrogens is 3. The summed E-state index contributed by atoms with van der Waals surface area (Å²) in [6.07, 6.45) is 1.81. The topological polar surface area (TPSA) is 50.9 Å². The largest absolute Gasteiger partial charge is 0.507 e. The van der Waals surface area contributed by atoms with E-state index in [1.54, 1.807) is 30.3 Å². The van der Waals surface area contributed by atoms with Crippen molar-refractivity contribution in [1.82, 2.24) is 14.5 Å². The van der Waals surface area contributed by atoms with Gasteiger partial charge in [0.15, 0.2) is 0 Å². The fraction of sp³-hybridized carbons (Fsp3) is 0.158.